The van der Waals surface area contributed by atoms with Gasteiger partial charge in [-0.3, -0.25) is 9.59 Å². The standard InChI is InChI=1S/C21H25N3O4/c1-13(19(25)23-16-9-10-17-18(11-16)28-12-27-17)22-14-5-7-15(8-6-14)24-20(26)21(2,3)4/h5-11,13,22H,12H2,1-4H3,(H,23,25)(H,24,26). The molecule has 7 nitrogen and oxygen atoms in total. The molecule has 0 saturated carbocycles. The lowest BCUT2D eigenvalue weighted by molar-refractivity contribution is -0.123. The van der Waals surface area contributed by atoms with E-state index in [4.69, 9.17) is 9.47 Å². The van der Waals surface area contributed by atoms with Crippen LogP contribution in [0.5, 0.6) is 11.5 Å². The molecule has 0 saturated heterocycles. The summed E-state index contributed by atoms with van der Waals surface area (Å²) in [6, 6.07) is 12.1. The third-order valence-electron chi connectivity index (χ3n) is 4.24. The highest BCUT2D eigenvalue weighted by molar-refractivity contribution is 5.97. The van der Waals surface area contributed by atoms with Crippen molar-refractivity contribution in [3.8, 4) is 11.5 Å². The van der Waals surface area contributed by atoms with Gasteiger partial charge in [-0.15, -0.1) is 0 Å². The normalized spacial score (nSPS) is 13.6. The minimum Gasteiger partial charge on any atom is -0.454 e. The molecule has 0 spiro atoms. The fraction of sp³-hybridized carbons (Fsp3) is 0.333. The zero-order valence-corrected chi connectivity index (χ0v) is 16.5. The van der Waals surface area contributed by atoms with Crippen LogP contribution in [0.15, 0.2) is 42.5 Å². The van der Waals surface area contributed by atoms with E-state index in [0.29, 0.717) is 22.9 Å². The number of hydrogen-bond donors (Lipinski definition) is 3. The summed E-state index contributed by atoms with van der Waals surface area (Å²) in [4.78, 5) is 24.5. The van der Waals surface area contributed by atoms with Gasteiger partial charge in [-0.05, 0) is 43.3 Å². The summed E-state index contributed by atoms with van der Waals surface area (Å²) in [6.07, 6.45) is 0. The molecule has 0 fully saturated rings. The Hall–Kier alpha value is -3.22. The molecule has 0 aromatic heterocycles. The van der Waals surface area contributed by atoms with Crippen LogP contribution in [0, 0.1) is 5.41 Å². The number of fused-ring (bicyclic) bond motifs is 1. The molecule has 0 bridgehead atoms. The van der Waals surface area contributed by atoms with Gasteiger partial charge in [0.05, 0.1) is 0 Å². The van der Waals surface area contributed by atoms with Crippen LogP contribution in [0.4, 0.5) is 17.1 Å². The summed E-state index contributed by atoms with van der Waals surface area (Å²) in [6.45, 7) is 7.55. The topological polar surface area (TPSA) is 88.7 Å². The zero-order chi connectivity index (χ0) is 20.3. The summed E-state index contributed by atoms with van der Waals surface area (Å²) in [5.41, 5.74) is 1.67. The molecule has 2 aromatic carbocycles. The van der Waals surface area contributed by atoms with Gasteiger partial charge < -0.3 is 25.4 Å². The Labute approximate surface area is 164 Å². The van der Waals surface area contributed by atoms with E-state index in [-0.39, 0.29) is 18.6 Å². The Morgan fingerprint density at radius 2 is 1.50 bits per heavy atom. The predicted octanol–water partition coefficient (Wildman–Crippen LogP) is 3.84. The van der Waals surface area contributed by atoms with Crippen LogP contribution in [0.2, 0.25) is 0 Å². The van der Waals surface area contributed by atoms with Crippen molar-refractivity contribution in [1.29, 1.82) is 0 Å². The fourth-order valence-corrected chi connectivity index (χ4v) is 2.51. The van der Waals surface area contributed by atoms with Gasteiger partial charge in [-0.2, -0.15) is 0 Å². The van der Waals surface area contributed by atoms with Crippen molar-refractivity contribution < 1.29 is 19.1 Å². The van der Waals surface area contributed by atoms with Crippen molar-refractivity contribution >= 4 is 28.9 Å². The molecule has 1 heterocycles. The Bertz CT molecular complexity index is 872. The number of nitrogens with one attached hydrogen (secondary N) is 3. The molecule has 28 heavy (non-hydrogen) atoms. The van der Waals surface area contributed by atoms with Crippen LogP contribution in [-0.4, -0.2) is 24.6 Å². The van der Waals surface area contributed by atoms with Crippen molar-refractivity contribution in [1.82, 2.24) is 0 Å². The molecular weight excluding hydrogens is 358 g/mol. The highest BCUT2D eigenvalue weighted by atomic mass is 16.7. The number of benzene rings is 2. The number of hydrogen-bond acceptors (Lipinski definition) is 5. The number of anilines is 3. The van der Waals surface area contributed by atoms with Gasteiger partial charge in [0.2, 0.25) is 18.6 Å². The first-order chi connectivity index (χ1) is 13.2. The van der Waals surface area contributed by atoms with Crippen LogP contribution in [0.25, 0.3) is 0 Å². The second-order valence-corrected chi connectivity index (χ2v) is 7.70. The summed E-state index contributed by atoms with van der Waals surface area (Å²) in [5, 5.41) is 8.87. The van der Waals surface area contributed by atoms with E-state index in [1.54, 1.807) is 37.3 Å². The summed E-state index contributed by atoms with van der Waals surface area (Å²) in [7, 11) is 0. The highest BCUT2D eigenvalue weighted by Gasteiger charge is 2.21. The molecule has 7 heteroatoms. The van der Waals surface area contributed by atoms with Crippen LogP contribution >= 0.6 is 0 Å². The van der Waals surface area contributed by atoms with Crippen molar-refractivity contribution in [3.63, 3.8) is 0 Å². The van der Waals surface area contributed by atoms with E-state index in [9.17, 15) is 9.59 Å². The third-order valence-corrected chi connectivity index (χ3v) is 4.24. The Balaban J connectivity index is 1.56. The van der Waals surface area contributed by atoms with Crippen molar-refractivity contribution in [2.75, 3.05) is 22.7 Å². The Morgan fingerprint density at radius 1 is 0.893 bits per heavy atom. The molecule has 0 aliphatic carbocycles. The second-order valence-electron chi connectivity index (χ2n) is 7.70. The molecule has 1 aliphatic heterocycles. The molecule has 3 rings (SSSR count). The number of ether oxygens (including phenoxy) is 2. The van der Waals surface area contributed by atoms with Crippen LogP contribution in [0.1, 0.15) is 27.7 Å². The largest absolute Gasteiger partial charge is 0.454 e. The molecule has 0 radical (unpaired) electrons. The molecule has 148 valence electrons. The lowest BCUT2D eigenvalue weighted by Crippen LogP contribution is -2.31. The molecule has 2 aromatic rings. The summed E-state index contributed by atoms with van der Waals surface area (Å²) < 4.78 is 10.6. The van der Waals surface area contributed by atoms with Crippen LogP contribution in [-0.2, 0) is 9.59 Å². The first-order valence-corrected chi connectivity index (χ1v) is 9.11. The number of carbonyl (C=O) groups excluding carboxylic acids is 2. The molecule has 2 amide bonds. The van der Waals surface area contributed by atoms with E-state index in [1.807, 2.05) is 32.9 Å². The van der Waals surface area contributed by atoms with Gasteiger partial charge in [0.1, 0.15) is 6.04 Å². The van der Waals surface area contributed by atoms with E-state index in [0.717, 1.165) is 5.69 Å². The maximum atomic E-state index is 12.4. The monoisotopic (exact) mass is 383 g/mol. The average molecular weight is 383 g/mol. The SMILES string of the molecule is CC(Nc1ccc(NC(=O)C(C)(C)C)cc1)C(=O)Nc1ccc2c(c1)OCO2. The number of amides is 2. The molecule has 1 atom stereocenters. The number of carbonyl (C=O) groups is 2. The first kappa shape index (κ1) is 19.5. The van der Waals surface area contributed by atoms with Gasteiger partial charge in [0.25, 0.3) is 0 Å². The van der Waals surface area contributed by atoms with Gasteiger partial charge >= 0.3 is 0 Å². The van der Waals surface area contributed by atoms with Crippen molar-refractivity contribution in [3.05, 3.63) is 42.5 Å². The molecule has 1 aliphatic rings. The highest BCUT2D eigenvalue weighted by Crippen LogP contribution is 2.34. The lowest BCUT2D eigenvalue weighted by atomic mass is 9.95. The molecule has 3 N–H and O–H groups in total. The van der Waals surface area contributed by atoms with Gasteiger partial charge in [0.15, 0.2) is 11.5 Å². The Kier molecular flexibility index (Phi) is 5.44. The van der Waals surface area contributed by atoms with E-state index >= 15 is 0 Å². The maximum Gasteiger partial charge on any atom is 0.246 e. The van der Waals surface area contributed by atoms with E-state index < -0.39 is 11.5 Å². The van der Waals surface area contributed by atoms with Crippen molar-refractivity contribution in [2.45, 2.75) is 33.7 Å². The van der Waals surface area contributed by atoms with Crippen LogP contribution in [0.3, 0.4) is 0 Å². The summed E-state index contributed by atoms with van der Waals surface area (Å²) in [5.74, 6) is 1.06. The Morgan fingerprint density at radius 3 is 2.18 bits per heavy atom. The summed E-state index contributed by atoms with van der Waals surface area (Å²) >= 11 is 0. The predicted molar refractivity (Wildman–Crippen MR) is 109 cm³/mol. The quantitative estimate of drug-likeness (QED) is 0.730. The van der Waals surface area contributed by atoms with Crippen LogP contribution < -0.4 is 25.4 Å². The van der Waals surface area contributed by atoms with Gasteiger partial charge in [-0.1, -0.05) is 20.8 Å². The second kappa shape index (κ2) is 7.80. The molecule has 1 unspecified atom stereocenters. The minimum atomic E-state index is -0.460. The number of rotatable bonds is 5. The third kappa shape index (κ3) is 4.73. The van der Waals surface area contributed by atoms with Gasteiger partial charge in [-0.25, -0.2) is 0 Å². The van der Waals surface area contributed by atoms with Gasteiger partial charge in [0, 0.05) is 28.5 Å². The van der Waals surface area contributed by atoms with E-state index in [1.165, 1.54) is 0 Å². The molecular formula is C21H25N3O4. The van der Waals surface area contributed by atoms with Crippen molar-refractivity contribution in [2.24, 2.45) is 5.41 Å². The lowest BCUT2D eigenvalue weighted by Gasteiger charge is -2.18. The average Bonchev–Trinajstić information content (AvgIpc) is 3.10. The zero-order valence-electron chi connectivity index (χ0n) is 16.5. The minimum absolute atomic E-state index is 0.0512. The first-order valence-electron chi connectivity index (χ1n) is 9.11. The fourth-order valence-electron chi connectivity index (χ4n) is 2.51. The maximum absolute atomic E-state index is 12.4. The van der Waals surface area contributed by atoms with E-state index in [2.05, 4.69) is 16.0 Å². The smallest absolute Gasteiger partial charge is 0.246 e.